The van der Waals surface area contributed by atoms with Crippen molar-refractivity contribution >= 4 is 5.91 Å². The molecule has 0 radical (unpaired) electrons. The van der Waals surface area contributed by atoms with Gasteiger partial charge in [-0.25, -0.2) is 8.78 Å². The average molecular weight is 215 g/mol. The molecule has 5 heteroatoms. The molecule has 0 aromatic heterocycles. The van der Waals surface area contributed by atoms with Gasteiger partial charge in [0.25, 0.3) is 5.91 Å². The van der Waals surface area contributed by atoms with E-state index in [2.05, 4.69) is 5.32 Å². The lowest BCUT2D eigenvalue weighted by atomic mass is 10.2. The minimum atomic E-state index is -1.18. The molecule has 1 amide bonds. The van der Waals surface area contributed by atoms with Gasteiger partial charge in [-0.1, -0.05) is 6.07 Å². The summed E-state index contributed by atoms with van der Waals surface area (Å²) >= 11 is 0. The second-order valence-corrected chi connectivity index (χ2v) is 3.16. The fourth-order valence-electron chi connectivity index (χ4n) is 1.03. The summed E-state index contributed by atoms with van der Waals surface area (Å²) in [6.45, 7) is 1.29. The first kappa shape index (κ1) is 11.6. The fraction of sp³-hybridized carbons (Fsp3) is 0.300. The molecule has 1 rings (SSSR count). The second kappa shape index (κ2) is 4.84. The molecule has 0 heterocycles. The van der Waals surface area contributed by atoms with Crippen LogP contribution in [0.5, 0.6) is 0 Å². The molecule has 1 atom stereocenters. The van der Waals surface area contributed by atoms with Crippen molar-refractivity contribution in [2.45, 2.75) is 13.0 Å². The lowest BCUT2D eigenvalue weighted by Gasteiger charge is -2.11. The molecule has 0 bridgehead atoms. The van der Waals surface area contributed by atoms with E-state index in [-0.39, 0.29) is 12.2 Å². The molecule has 15 heavy (non-hydrogen) atoms. The zero-order valence-corrected chi connectivity index (χ0v) is 8.13. The van der Waals surface area contributed by atoms with Crippen molar-refractivity contribution in [3.05, 3.63) is 35.4 Å². The third kappa shape index (κ3) is 2.73. The highest BCUT2D eigenvalue weighted by atomic mass is 19.2. The maximum atomic E-state index is 13.1. The Balaban J connectivity index is 2.87. The molecule has 1 aromatic carbocycles. The predicted octanol–water partition coefficient (Wildman–Crippen LogP) is 1.08. The largest absolute Gasteiger partial charge is 0.394 e. The Morgan fingerprint density at radius 1 is 1.53 bits per heavy atom. The highest BCUT2D eigenvalue weighted by Gasteiger charge is 2.16. The van der Waals surface area contributed by atoms with Crippen LogP contribution in [0, 0.1) is 11.6 Å². The Labute approximate surface area is 85.7 Å². The number of aliphatic hydroxyl groups is 1. The molecule has 0 aliphatic carbocycles. The summed E-state index contributed by atoms with van der Waals surface area (Å²) in [5.41, 5.74) is -0.365. The van der Waals surface area contributed by atoms with E-state index in [1.54, 1.807) is 6.92 Å². The zero-order valence-electron chi connectivity index (χ0n) is 8.13. The topological polar surface area (TPSA) is 49.3 Å². The van der Waals surface area contributed by atoms with Crippen LogP contribution >= 0.6 is 0 Å². The molecule has 0 saturated heterocycles. The lowest BCUT2D eigenvalue weighted by Crippen LogP contribution is -2.35. The quantitative estimate of drug-likeness (QED) is 0.792. The Morgan fingerprint density at radius 3 is 2.80 bits per heavy atom. The summed E-state index contributed by atoms with van der Waals surface area (Å²) in [6.07, 6.45) is 0. The molecule has 1 aromatic rings. The van der Waals surface area contributed by atoms with E-state index in [9.17, 15) is 13.6 Å². The van der Waals surface area contributed by atoms with E-state index >= 15 is 0 Å². The SMILES string of the molecule is C[C@H](CO)NC(=O)c1cccc(F)c1F. The summed E-state index contributed by atoms with van der Waals surface area (Å²) in [5, 5.41) is 11.0. The minimum absolute atomic E-state index is 0.261. The van der Waals surface area contributed by atoms with Gasteiger partial charge in [-0.15, -0.1) is 0 Å². The highest BCUT2D eigenvalue weighted by Crippen LogP contribution is 2.11. The third-order valence-corrected chi connectivity index (χ3v) is 1.85. The number of carbonyl (C=O) groups excluding carboxylic acids is 1. The van der Waals surface area contributed by atoms with Crippen molar-refractivity contribution < 1.29 is 18.7 Å². The van der Waals surface area contributed by atoms with Crippen molar-refractivity contribution in [3.8, 4) is 0 Å². The standard InChI is InChI=1S/C10H11F2NO2/c1-6(5-14)13-10(15)7-3-2-4-8(11)9(7)12/h2-4,6,14H,5H2,1H3,(H,13,15)/t6-/m1/s1. The number of halogens is 2. The first-order valence-electron chi connectivity index (χ1n) is 4.42. The van der Waals surface area contributed by atoms with E-state index in [1.807, 2.05) is 0 Å². The fourth-order valence-corrected chi connectivity index (χ4v) is 1.03. The molecule has 0 unspecified atom stereocenters. The van der Waals surface area contributed by atoms with Gasteiger partial charge in [0.05, 0.1) is 12.2 Å². The van der Waals surface area contributed by atoms with E-state index in [0.29, 0.717) is 0 Å². The van der Waals surface area contributed by atoms with Crippen LogP contribution < -0.4 is 5.32 Å². The summed E-state index contributed by atoms with van der Waals surface area (Å²) < 4.78 is 25.9. The molecular weight excluding hydrogens is 204 g/mol. The molecule has 0 aliphatic rings. The van der Waals surface area contributed by atoms with Gasteiger partial charge in [0.2, 0.25) is 0 Å². The number of amides is 1. The molecular formula is C10H11F2NO2. The maximum absolute atomic E-state index is 13.1. The van der Waals surface area contributed by atoms with E-state index in [4.69, 9.17) is 5.11 Å². The maximum Gasteiger partial charge on any atom is 0.254 e. The van der Waals surface area contributed by atoms with Gasteiger partial charge in [-0.05, 0) is 19.1 Å². The van der Waals surface area contributed by atoms with Gasteiger partial charge < -0.3 is 10.4 Å². The van der Waals surface area contributed by atoms with Gasteiger partial charge in [-0.3, -0.25) is 4.79 Å². The summed E-state index contributed by atoms with van der Waals surface area (Å²) in [5.74, 6) is -2.99. The number of carbonyl (C=O) groups is 1. The van der Waals surface area contributed by atoms with Crippen LogP contribution in [0.4, 0.5) is 8.78 Å². The molecule has 0 saturated carbocycles. The van der Waals surface area contributed by atoms with Gasteiger partial charge >= 0.3 is 0 Å². The lowest BCUT2D eigenvalue weighted by molar-refractivity contribution is 0.0917. The van der Waals surface area contributed by atoms with Gasteiger partial charge in [0, 0.05) is 6.04 Å². The number of hydrogen-bond donors (Lipinski definition) is 2. The van der Waals surface area contributed by atoms with Gasteiger partial charge in [0.1, 0.15) is 0 Å². The molecule has 0 aliphatic heterocycles. The first-order valence-corrected chi connectivity index (χ1v) is 4.42. The van der Waals surface area contributed by atoms with Crippen LogP contribution in [0.2, 0.25) is 0 Å². The Bertz CT molecular complexity index is 368. The van der Waals surface area contributed by atoms with E-state index in [1.165, 1.54) is 12.1 Å². The van der Waals surface area contributed by atoms with Crippen LogP contribution in [0.25, 0.3) is 0 Å². The highest BCUT2D eigenvalue weighted by molar-refractivity contribution is 5.94. The zero-order chi connectivity index (χ0) is 11.4. The average Bonchev–Trinajstić information content (AvgIpc) is 2.21. The molecule has 82 valence electrons. The van der Waals surface area contributed by atoms with Gasteiger partial charge in [-0.2, -0.15) is 0 Å². The summed E-state index contributed by atoms with van der Waals surface area (Å²) in [6, 6.07) is 2.86. The number of aliphatic hydroxyl groups excluding tert-OH is 1. The summed E-state index contributed by atoms with van der Waals surface area (Å²) in [7, 11) is 0. The molecule has 3 nitrogen and oxygen atoms in total. The van der Waals surface area contributed by atoms with Crippen molar-refractivity contribution in [1.29, 1.82) is 0 Å². The monoisotopic (exact) mass is 215 g/mol. The van der Waals surface area contributed by atoms with Crippen molar-refractivity contribution in [1.82, 2.24) is 5.32 Å². The third-order valence-electron chi connectivity index (χ3n) is 1.85. The van der Waals surface area contributed by atoms with E-state index in [0.717, 1.165) is 6.07 Å². The Kier molecular flexibility index (Phi) is 3.74. The van der Waals surface area contributed by atoms with Crippen molar-refractivity contribution in [2.75, 3.05) is 6.61 Å². The smallest absolute Gasteiger partial charge is 0.254 e. The van der Waals surface area contributed by atoms with Crippen LogP contribution in [0.3, 0.4) is 0 Å². The van der Waals surface area contributed by atoms with Crippen LogP contribution in [0.15, 0.2) is 18.2 Å². The van der Waals surface area contributed by atoms with Crippen LogP contribution in [-0.4, -0.2) is 23.7 Å². The van der Waals surface area contributed by atoms with Gasteiger partial charge in [0.15, 0.2) is 11.6 Å². The number of benzene rings is 1. The van der Waals surface area contributed by atoms with Crippen LogP contribution in [-0.2, 0) is 0 Å². The Hall–Kier alpha value is -1.49. The normalized spacial score (nSPS) is 12.3. The second-order valence-electron chi connectivity index (χ2n) is 3.16. The number of nitrogens with one attached hydrogen (secondary N) is 1. The minimum Gasteiger partial charge on any atom is -0.394 e. The van der Waals surface area contributed by atoms with Crippen molar-refractivity contribution in [3.63, 3.8) is 0 Å². The Morgan fingerprint density at radius 2 is 2.20 bits per heavy atom. The van der Waals surface area contributed by atoms with Crippen LogP contribution in [0.1, 0.15) is 17.3 Å². The van der Waals surface area contributed by atoms with E-state index < -0.39 is 23.6 Å². The first-order chi connectivity index (χ1) is 7.06. The molecule has 0 fully saturated rings. The molecule has 2 N–H and O–H groups in total. The summed E-state index contributed by atoms with van der Waals surface area (Å²) in [4.78, 5) is 11.4. The predicted molar refractivity (Wildman–Crippen MR) is 50.4 cm³/mol. The van der Waals surface area contributed by atoms with Crippen molar-refractivity contribution in [2.24, 2.45) is 0 Å². The number of rotatable bonds is 3. The molecule has 0 spiro atoms. The number of hydrogen-bond acceptors (Lipinski definition) is 2.